The molecule has 1 amide bonds. The molecule has 0 bridgehead atoms. The van der Waals surface area contributed by atoms with Crippen molar-refractivity contribution < 1.29 is 22.7 Å². The van der Waals surface area contributed by atoms with E-state index in [4.69, 9.17) is 4.74 Å². The molecule has 2 N–H and O–H groups in total. The summed E-state index contributed by atoms with van der Waals surface area (Å²) in [5.74, 6) is -0.611. The van der Waals surface area contributed by atoms with E-state index in [1.807, 2.05) is 19.1 Å². The molecule has 0 unspecified atom stereocenters. The number of benzene rings is 1. The quantitative estimate of drug-likeness (QED) is 0.642. The summed E-state index contributed by atoms with van der Waals surface area (Å²) in [6.07, 6.45) is 1.17. The number of anilines is 1. The van der Waals surface area contributed by atoms with Crippen LogP contribution >= 0.6 is 0 Å². The SMILES string of the molecule is Cc1ccc(NC(=O)COC(=O)CCNS(=O)(=O)c2cn(C)c(C)n2)cc1. The van der Waals surface area contributed by atoms with Crippen molar-refractivity contribution in [2.45, 2.75) is 25.3 Å². The molecular formula is C17H22N4O5S. The first-order chi connectivity index (χ1) is 12.7. The van der Waals surface area contributed by atoms with Gasteiger partial charge in [0.25, 0.3) is 15.9 Å². The first-order valence-electron chi connectivity index (χ1n) is 8.19. The highest BCUT2D eigenvalue weighted by atomic mass is 32.2. The van der Waals surface area contributed by atoms with Crippen molar-refractivity contribution in [3.63, 3.8) is 0 Å². The van der Waals surface area contributed by atoms with Crippen molar-refractivity contribution in [3.05, 3.63) is 41.9 Å². The molecule has 2 rings (SSSR count). The van der Waals surface area contributed by atoms with E-state index in [2.05, 4.69) is 15.0 Å². The zero-order valence-corrected chi connectivity index (χ0v) is 16.2. The number of aryl methyl sites for hydroxylation is 3. The number of nitrogens with one attached hydrogen (secondary N) is 2. The highest BCUT2D eigenvalue weighted by Gasteiger charge is 2.18. The maximum atomic E-state index is 12.1. The van der Waals surface area contributed by atoms with Crippen molar-refractivity contribution in [1.29, 1.82) is 0 Å². The number of carbonyl (C=O) groups is 2. The summed E-state index contributed by atoms with van der Waals surface area (Å²) < 4.78 is 32.8. The van der Waals surface area contributed by atoms with E-state index in [1.54, 1.807) is 30.7 Å². The number of rotatable bonds is 8. The van der Waals surface area contributed by atoms with Crippen molar-refractivity contribution in [1.82, 2.24) is 14.3 Å². The molecule has 0 saturated heterocycles. The smallest absolute Gasteiger partial charge is 0.307 e. The van der Waals surface area contributed by atoms with E-state index in [9.17, 15) is 18.0 Å². The number of esters is 1. The number of nitrogens with zero attached hydrogens (tertiary/aromatic N) is 2. The van der Waals surface area contributed by atoms with Gasteiger partial charge in [-0.1, -0.05) is 17.7 Å². The van der Waals surface area contributed by atoms with Gasteiger partial charge in [0.1, 0.15) is 5.82 Å². The summed E-state index contributed by atoms with van der Waals surface area (Å²) >= 11 is 0. The molecule has 0 saturated carbocycles. The summed E-state index contributed by atoms with van der Waals surface area (Å²) in [5.41, 5.74) is 1.66. The van der Waals surface area contributed by atoms with E-state index in [0.717, 1.165) is 5.56 Å². The van der Waals surface area contributed by atoms with Crippen LogP contribution in [-0.4, -0.2) is 43.0 Å². The number of amides is 1. The van der Waals surface area contributed by atoms with Gasteiger partial charge in [-0.25, -0.2) is 18.1 Å². The molecule has 2 aromatic rings. The van der Waals surface area contributed by atoms with Crippen LogP contribution in [0.25, 0.3) is 0 Å². The summed E-state index contributed by atoms with van der Waals surface area (Å²) in [7, 11) is -2.12. The molecule has 9 nitrogen and oxygen atoms in total. The number of ether oxygens (including phenoxy) is 1. The summed E-state index contributed by atoms with van der Waals surface area (Å²) in [6, 6.07) is 7.17. The fourth-order valence-corrected chi connectivity index (χ4v) is 3.14. The van der Waals surface area contributed by atoms with Gasteiger partial charge in [-0.15, -0.1) is 0 Å². The third kappa shape index (κ3) is 6.19. The van der Waals surface area contributed by atoms with Gasteiger partial charge in [0.15, 0.2) is 11.6 Å². The maximum Gasteiger partial charge on any atom is 0.307 e. The number of imidazole rings is 1. The summed E-state index contributed by atoms with van der Waals surface area (Å²) in [5, 5.41) is 2.48. The average molecular weight is 394 g/mol. The average Bonchev–Trinajstić information content (AvgIpc) is 2.95. The number of aromatic nitrogens is 2. The molecule has 0 radical (unpaired) electrons. The van der Waals surface area contributed by atoms with Gasteiger partial charge in [0.05, 0.1) is 6.42 Å². The second kappa shape index (κ2) is 8.78. The van der Waals surface area contributed by atoms with E-state index < -0.39 is 28.5 Å². The van der Waals surface area contributed by atoms with Gasteiger partial charge in [0, 0.05) is 25.5 Å². The number of hydrogen-bond donors (Lipinski definition) is 2. The van der Waals surface area contributed by atoms with Crippen LogP contribution in [0, 0.1) is 13.8 Å². The Labute approximate surface area is 157 Å². The molecule has 0 fully saturated rings. The number of sulfonamides is 1. The Hall–Kier alpha value is -2.72. The standard InChI is InChI=1S/C17H22N4O5S/c1-12-4-6-14(7-5-12)20-15(22)11-26-17(23)8-9-18-27(24,25)16-10-21(3)13(2)19-16/h4-7,10,18H,8-9,11H2,1-3H3,(H,20,22). The molecule has 10 heteroatoms. The predicted molar refractivity (Wildman–Crippen MR) is 98.5 cm³/mol. The van der Waals surface area contributed by atoms with Gasteiger partial charge in [-0.2, -0.15) is 0 Å². The lowest BCUT2D eigenvalue weighted by Crippen LogP contribution is -2.28. The van der Waals surface area contributed by atoms with Crippen LogP contribution in [0.5, 0.6) is 0 Å². The van der Waals surface area contributed by atoms with Gasteiger partial charge in [-0.05, 0) is 26.0 Å². The van der Waals surface area contributed by atoms with Crippen molar-refractivity contribution >= 4 is 27.6 Å². The lowest BCUT2D eigenvalue weighted by Gasteiger charge is -2.07. The Morgan fingerprint density at radius 3 is 2.44 bits per heavy atom. The molecular weight excluding hydrogens is 372 g/mol. The minimum atomic E-state index is -3.80. The highest BCUT2D eigenvalue weighted by molar-refractivity contribution is 7.89. The Kier molecular flexibility index (Phi) is 6.70. The minimum absolute atomic E-state index is 0.117. The van der Waals surface area contributed by atoms with Gasteiger partial charge in [0.2, 0.25) is 0 Å². The Morgan fingerprint density at radius 2 is 1.85 bits per heavy atom. The number of carbonyl (C=O) groups excluding carboxylic acids is 2. The van der Waals surface area contributed by atoms with E-state index in [-0.39, 0.29) is 18.0 Å². The first-order valence-corrected chi connectivity index (χ1v) is 9.67. The zero-order valence-electron chi connectivity index (χ0n) is 15.4. The van der Waals surface area contributed by atoms with Crippen LogP contribution in [0.3, 0.4) is 0 Å². The molecule has 146 valence electrons. The topological polar surface area (TPSA) is 119 Å². The van der Waals surface area contributed by atoms with Crippen molar-refractivity contribution in [2.75, 3.05) is 18.5 Å². The van der Waals surface area contributed by atoms with Crippen LogP contribution in [0.4, 0.5) is 5.69 Å². The summed E-state index contributed by atoms with van der Waals surface area (Å²) in [6.45, 7) is 3.00. The largest absolute Gasteiger partial charge is 0.456 e. The lowest BCUT2D eigenvalue weighted by molar-refractivity contribution is -0.147. The van der Waals surface area contributed by atoms with Crippen LogP contribution in [-0.2, 0) is 31.4 Å². The molecule has 0 atom stereocenters. The van der Waals surface area contributed by atoms with E-state index in [0.29, 0.717) is 11.5 Å². The fraction of sp³-hybridized carbons (Fsp3) is 0.353. The van der Waals surface area contributed by atoms with Crippen LogP contribution in [0.1, 0.15) is 17.8 Å². The van der Waals surface area contributed by atoms with E-state index >= 15 is 0 Å². The highest BCUT2D eigenvalue weighted by Crippen LogP contribution is 2.09. The molecule has 1 aromatic heterocycles. The second-order valence-corrected chi connectivity index (χ2v) is 7.67. The Balaban J connectivity index is 1.72. The normalized spacial score (nSPS) is 11.2. The zero-order chi connectivity index (χ0) is 20.0. The molecule has 1 heterocycles. The first kappa shape index (κ1) is 20.6. The molecule has 0 aliphatic carbocycles. The summed E-state index contributed by atoms with van der Waals surface area (Å²) in [4.78, 5) is 27.3. The van der Waals surface area contributed by atoms with E-state index in [1.165, 1.54) is 6.20 Å². The monoisotopic (exact) mass is 394 g/mol. The Morgan fingerprint density at radius 1 is 1.19 bits per heavy atom. The molecule has 0 aliphatic rings. The second-order valence-electron chi connectivity index (χ2n) is 5.96. The fourth-order valence-electron chi connectivity index (χ4n) is 2.07. The molecule has 1 aromatic carbocycles. The van der Waals surface area contributed by atoms with Crippen molar-refractivity contribution in [3.8, 4) is 0 Å². The lowest BCUT2D eigenvalue weighted by atomic mass is 10.2. The van der Waals surface area contributed by atoms with Crippen molar-refractivity contribution in [2.24, 2.45) is 7.05 Å². The van der Waals surface area contributed by atoms with Crippen LogP contribution < -0.4 is 10.0 Å². The molecule has 27 heavy (non-hydrogen) atoms. The third-order valence-corrected chi connectivity index (χ3v) is 5.01. The van der Waals surface area contributed by atoms with Crippen LogP contribution in [0.2, 0.25) is 0 Å². The van der Waals surface area contributed by atoms with Gasteiger partial charge in [-0.3, -0.25) is 9.59 Å². The van der Waals surface area contributed by atoms with Gasteiger partial charge < -0.3 is 14.6 Å². The van der Waals surface area contributed by atoms with Gasteiger partial charge >= 0.3 is 5.97 Å². The minimum Gasteiger partial charge on any atom is -0.456 e. The molecule has 0 aliphatic heterocycles. The predicted octanol–water partition coefficient (Wildman–Crippen LogP) is 0.887. The maximum absolute atomic E-state index is 12.1. The molecule has 0 spiro atoms. The van der Waals surface area contributed by atoms with Crippen LogP contribution in [0.15, 0.2) is 35.5 Å². The third-order valence-electron chi connectivity index (χ3n) is 3.68. The Bertz CT molecular complexity index is 900. The number of hydrogen-bond acceptors (Lipinski definition) is 6.